The maximum Gasteiger partial charge on any atom is 0.306 e. The molecule has 0 aliphatic heterocycles. The van der Waals surface area contributed by atoms with Crippen LogP contribution >= 0.6 is 0 Å². The van der Waals surface area contributed by atoms with Gasteiger partial charge in [-0.05, 0) is 160 Å². The molecule has 8 N–H and O–H groups in total. The van der Waals surface area contributed by atoms with Crippen molar-refractivity contribution >= 4 is 45.0 Å². The number of aliphatic carboxylic acids is 1. The third kappa shape index (κ3) is 18.4. The van der Waals surface area contributed by atoms with Crippen molar-refractivity contribution < 1.29 is 94.2 Å². The number of aromatic nitrogens is 6. The molecule has 15 nitrogen and oxygen atoms in total. The number of rotatable bonds is 22. The predicted octanol–water partition coefficient (Wildman–Crippen LogP) is 15.8. The summed E-state index contributed by atoms with van der Waals surface area (Å²) in [5, 5.41) is 44.8. The van der Waals surface area contributed by atoms with E-state index in [4.69, 9.17) is 29.8 Å². The number of imidazole rings is 3. The second-order valence-corrected chi connectivity index (χ2v) is 26.8. The molecule has 0 saturated carbocycles. The van der Waals surface area contributed by atoms with Gasteiger partial charge in [0.2, 0.25) is 5.91 Å². The predicted molar refractivity (Wildman–Crippen MR) is 376 cm³/mol. The summed E-state index contributed by atoms with van der Waals surface area (Å²) in [4.78, 5) is 45.8. The largest absolute Gasteiger partial charge is 0.481 e. The van der Waals surface area contributed by atoms with E-state index in [0.717, 1.165) is 48.3 Å². The molecule has 6 aromatic carbocycles. The molecule has 0 unspecified atom stereocenters. The lowest BCUT2D eigenvalue weighted by molar-refractivity contribution is -0.157. The van der Waals surface area contributed by atoms with Crippen LogP contribution in [-0.2, 0) is 46.5 Å². The number of H-pyrrole nitrogens is 3. The Morgan fingerprint density at radius 1 is 0.529 bits per heavy atom. The number of alkyl halides is 6. The van der Waals surface area contributed by atoms with Gasteiger partial charge in [-0.3, -0.25) is 9.59 Å². The van der Waals surface area contributed by atoms with Crippen molar-refractivity contribution in [2.45, 2.75) is 171 Å². The van der Waals surface area contributed by atoms with Crippen LogP contribution in [0, 0.1) is 35.2 Å². The van der Waals surface area contributed by atoms with E-state index >= 15 is 17.6 Å². The van der Waals surface area contributed by atoms with Gasteiger partial charge < -0.3 is 50.5 Å². The van der Waals surface area contributed by atoms with E-state index in [-0.39, 0.29) is 53.1 Å². The number of aromatic amines is 3. The molecule has 0 saturated heterocycles. The highest BCUT2D eigenvalue weighted by atomic mass is 19.3. The molecule has 6 atom stereocenters. The number of amides is 1. The fourth-order valence-corrected chi connectivity index (χ4v) is 14.2. The molecule has 0 fully saturated rings. The topological polar surface area (TPSA) is 220 Å². The van der Waals surface area contributed by atoms with Gasteiger partial charge in [0.15, 0.2) is 0 Å². The highest BCUT2D eigenvalue weighted by Crippen LogP contribution is 2.57. The first-order valence-corrected chi connectivity index (χ1v) is 32.8. The number of carbonyl (C=O) groups excluding carboxylic acids is 1. The molecule has 3 aliphatic rings. The Kier molecular flexibility index (Phi) is 17.8. The fraction of sp³-hybridized carbons (Fsp3) is 0.474. The normalized spacial score (nSPS) is 25.4. The Hall–Kier alpha value is -8.16. The summed E-state index contributed by atoms with van der Waals surface area (Å²) in [5.41, 5.74) is -5.17. The van der Waals surface area contributed by atoms with E-state index in [9.17, 15) is 46.9 Å². The van der Waals surface area contributed by atoms with Crippen molar-refractivity contribution in [1.29, 1.82) is 0 Å². The molecule has 0 bridgehead atoms. The highest BCUT2D eigenvalue weighted by Gasteiger charge is 2.58. The van der Waals surface area contributed by atoms with Gasteiger partial charge in [0.25, 0.3) is 17.8 Å². The van der Waals surface area contributed by atoms with E-state index in [1.807, 2.05) is 0 Å². The molecule has 102 heavy (non-hydrogen) atoms. The second-order valence-electron chi connectivity index (χ2n) is 26.8. The molecule has 0 radical (unpaired) electrons. The van der Waals surface area contributed by atoms with Crippen LogP contribution in [0.3, 0.4) is 0 Å². The minimum atomic E-state index is -3.71. The summed E-state index contributed by atoms with van der Waals surface area (Å²) in [6.45, 7) is 1.02. The van der Waals surface area contributed by atoms with Gasteiger partial charge >= 0.3 is 5.97 Å². The molecule has 3 heterocycles. The lowest BCUT2D eigenvalue weighted by atomic mass is 9.64. The van der Waals surface area contributed by atoms with Gasteiger partial charge in [0.05, 0.1) is 62.7 Å². The first-order chi connectivity index (χ1) is 54.8. The molecule has 0 spiro atoms. The van der Waals surface area contributed by atoms with Gasteiger partial charge in [-0.1, -0.05) is 96.1 Å². The summed E-state index contributed by atoms with van der Waals surface area (Å²) < 4.78 is 279. The number of nitrogens with one attached hydrogen (secondary N) is 4. The van der Waals surface area contributed by atoms with Crippen molar-refractivity contribution in [3.63, 3.8) is 0 Å². The Labute approximate surface area is 614 Å². The maximum atomic E-state index is 15.2. The molecule has 3 aliphatic carbocycles. The highest BCUT2D eigenvalue weighted by molar-refractivity contribution is 5.78. The van der Waals surface area contributed by atoms with Gasteiger partial charge in [0.1, 0.15) is 34.9 Å². The van der Waals surface area contributed by atoms with Gasteiger partial charge in [-0.25, -0.2) is 54.5 Å². The average Bonchev–Trinajstić information content (AvgIpc) is 1.41. The smallest absolute Gasteiger partial charge is 0.306 e. The summed E-state index contributed by atoms with van der Waals surface area (Å²) in [5.74, 6) is -20.6. The number of hydrogen-bond donors (Lipinski definition) is 8. The van der Waals surface area contributed by atoms with Gasteiger partial charge in [-0.2, -0.15) is 0 Å². The number of carboxylic acids is 1. The standard InChI is InChI=1S/C26H30F3N3O2.C26H32F3N3O.C15H17F3O3.C11H15N3/c1-16(2)24-18-11-10-17(27)13-19(18)26(28,29)15-25(24,34)14-23(33)32(3)12-6-9-22-30-20-7-4-5-8-21(20)31-22;1-17(2)24-19-11-10-18(27)15-20(19)26(28,29)16-25(24,33)12-14-32(3)13-6-9-23-30-21-7-4-5-8-22(21)31-23;1-8(2)13-10-4-3-9(16)5-11(10)15(17,18)7-14(13,21)6-12(19)20;1-12-8-4-7-11-13-9-5-2-3-6-10(9)14-11/h4-5,7-8,10-11,13,16,24,34H,6,9,12,14-15H2,1-3H3,(H,30,31);4-5,7-8,10-11,15,17,24,33H,6,9,12-14,16H2,1-3H3,(H,30,31);3-5,8,13,21H,6-7H2,1-2H3,(H,19,20);2-3,5-6,12H,4,7-8H2,1H3,(H,13,14)/t2*24-,25+;13-,14+;/m000./s1/i6D2,9D2,12D2;6D2,9D2,13D2;;4D2,7D2,8D2. The van der Waals surface area contributed by atoms with Crippen molar-refractivity contribution in [1.82, 2.24) is 45.0 Å². The first-order valence-electron chi connectivity index (χ1n) is 41.8. The number of hydrogen-bond acceptors (Lipinski definition) is 10. The van der Waals surface area contributed by atoms with Gasteiger partial charge in [-0.15, -0.1) is 0 Å². The number of para-hydroxylation sites is 6. The van der Waals surface area contributed by atoms with Crippen LogP contribution in [0.15, 0.2) is 127 Å². The van der Waals surface area contributed by atoms with Crippen LogP contribution in [-0.4, -0.2) is 136 Å². The van der Waals surface area contributed by atoms with Crippen molar-refractivity contribution in [3.05, 3.63) is 196 Å². The zero-order valence-electron chi connectivity index (χ0n) is 75.3. The minimum Gasteiger partial charge on any atom is -0.481 e. The second kappa shape index (κ2) is 32.2. The maximum absolute atomic E-state index is 15.2. The van der Waals surface area contributed by atoms with Crippen molar-refractivity contribution in [3.8, 4) is 0 Å². The van der Waals surface area contributed by atoms with Crippen molar-refractivity contribution in [2.75, 3.05) is 47.2 Å². The molecule has 1 amide bonds. The molecular weight excluding hydrogens is 1330 g/mol. The summed E-state index contributed by atoms with van der Waals surface area (Å²) in [6, 6.07) is 28.9. The SMILES string of the molecule is CC(C)[C@H]1c2ccc(F)cc2C(F)(F)C[C@]1(O)CC(=O)O.[2H]C([2H])(NC)C([2H])([2H])C([2H])([2H])c1nc2ccccc2[nH]1.[2H]C([2H])(c1nc2ccccc2[nH]1)C([2H])([2H])C([2H])([2H])N(C)C(=O)C[C@@]1(O)CC(F)(F)c2cc(F)ccc2[C@@H]1C(C)C.[2H]C([2H])(c1nc2ccccc2[nH]1)C([2H])([2H])C([2H])([2H])N(C)CC[C@@]1(O)CC(F)(F)c2cc(F)ccc2[C@@H]1C(C)C. The fourth-order valence-electron chi connectivity index (χ4n) is 14.2. The number of fused-ring (bicyclic) bond motifs is 6. The third-order valence-corrected chi connectivity index (χ3v) is 18.1. The van der Waals surface area contributed by atoms with Crippen LogP contribution < -0.4 is 5.32 Å². The number of aryl methyl sites for hydroxylation is 3. The molecule has 24 heteroatoms. The van der Waals surface area contributed by atoms with E-state index in [2.05, 4.69) is 35.2 Å². The number of aliphatic hydroxyl groups is 3. The zero-order chi connectivity index (χ0) is 90.4. The van der Waals surface area contributed by atoms with Crippen LogP contribution in [0.4, 0.5) is 39.5 Å². The van der Waals surface area contributed by atoms with Gasteiger partial charge in [0, 0.05) is 118 Å². The Balaban J connectivity index is 0.000000190. The number of carbonyl (C=O) groups is 2. The number of benzene rings is 6. The number of nitrogens with zero attached hydrogens (tertiary/aromatic N) is 5. The summed E-state index contributed by atoms with van der Waals surface area (Å²) >= 11 is 0. The summed E-state index contributed by atoms with van der Waals surface area (Å²) in [6.07, 6.45) is -23.4. The molecule has 550 valence electrons. The Bertz CT molecular complexity index is 5140. The number of halogens is 9. The third-order valence-electron chi connectivity index (χ3n) is 18.1. The summed E-state index contributed by atoms with van der Waals surface area (Å²) in [7, 11) is 3.34. The van der Waals surface area contributed by atoms with E-state index < -0.39 is 200 Å². The molecular formula is C78H94F9N9O6. The zero-order valence-corrected chi connectivity index (χ0v) is 57.3. The Morgan fingerprint density at radius 2 is 0.873 bits per heavy atom. The quantitative estimate of drug-likeness (QED) is 0.0298. The Morgan fingerprint density at radius 3 is 1.24 bits per heavy atom. The van der Waals surface area contributed by atoms with Crippen LogP contribution in [0.25, 0.3) is 33.1 Å². The van der Waals surface area contributed by atoms with E-state index in [1.54, 1.807) is 114 Å². The molecule has 12 rings (SSSR count). The van der Waals surface area contributed by atoms with E-state index in [0.29, 0.717) is 44.1 Å². The van der Waals surface area contributed by atoms with Crippen LogP contribution in [0.5, 0.6) is 0 Å². The van der Waals surface area contributed by atoms with Crippen molar-refractivity contribution in [2.24, 2.45) is 17.8 Å². The van der Waals surface area contributed by atoms with Crippen LogP contribution in [0.2, 0.25) is 0 Å². The van der Waals surface area contributed by atoms with E-state index in [1.165, 1.54) is 26.2 Å². The van der Waals surface area contributed by atoms with Crippen LogP contribution in [0.1, 0.15) is 192 Å². The lowest BCUT2D eigenvalue weighted by Crippen LogP contribution is -2.50. The first kappa shape index (κ1) is 56.3. The molecule has 3 aromatic heterocycles. The molecule has 9 aromatic rings. The monoisotopic (exact) mass is 1440 g/mol. The number of carboxylic acid groups (broad SMARTS) is 1. The lowest BCUT2D eigenvalue weighted by Gasteiger charge is -2.47. The average molecular weight is 1440 g/mol. The minimum absolute atomic E-state index is 0.0369.